The Bertz CT molecular complexity index is 839. The molecule has 26 heavy (non-hydrogen) atoms. The number of nitrogens with zero attached hydrogens (tertiary/aromatic N) is 2. The number of hydrazine groups is 1. The highest BCUT2D eigenvalue weighted by molar-refractivity contribution is 5.65. The molecule has 0 radical (unpaired) electrons. The normalized spacial score (nSPS) is 11.3. The molecule has 0 saturated heterocycles. The van der Waals surface area contributed by atoms with Crippen molar-refractivity contribution in [1.82, 2.24) is 5.43 Å². The second-order valence-corrected chi connectivity index (χ2v) is 6.69. The summed E-state index contributed by atoms with van der Waals surface area (Å²) in [7, 11) is 0. The Hall–Kier alpha value is -3.42. The highest BCUT2D eigenvalue weighted by atomic mass is 16.6. The fourth-order valence-electron chi connectivity index (χ4n) is 2.24. The molecule has 0 aliphatic rings. The van der Waals surface area contributed by atoms with Crippen molar-refractivity contribution < 1.29 is 9.85 Å². The average Bonchev–Trinajstić information content (AvgIpc) is 2.58. The standard InChI is InChI=1S/C18H20N4O4/c1-18(2,3)14-6-4-13(5-7-14)10-11-19-20-16-9-8-15(21(23)24)12-17(16)22(25)26/h4-12,19-20H,1-3H3/b11-10+. The molecule has 0 spiro atoms. The summed E-state index contributed by atoms with van der Waals surface area (Å²) in [5, 5.41) is 21.8. The molecule has 0 heterocycles. The van der Waals surface area contributed by atoms with Crippen molar-refractivity contribution in [3.05, 3.63) is 80.0 Å². The van der Waals surface area contributed by atoms with Gasteiger partial charge in [0.15, 0.2) is 0 Å². The molecule has 0 aliphatic carbocycles. The van der Waals surface area contributed by atoms with Gasteiger partial charge in [0.25, 0.3) is 5.69 Å². The van der Waals surface area contributed by atoms with Crippen LogP contribution in [0.4, 0.5) is 17.1 Å². The van der Waals surface area contributed by atoms with E-state index < -0.39 is 9.85 Å². The average molecular weight is 356 g/mol. The quantitative estimate of drug-likeness (QED) is 0.587. The van der Waals surface area contributed by atoms with Crippen LogP contribution in [0.5, 0.6) is 0 Å². The Balaban J connectivity index is 2.04. The van der Waals surface area contributed by atoms with Gasteiger partial charge in [0.2, 0.25) is 0 Å². The molecule has 2 aromatic carbocycles. The van der Waals surface area contributed by atoms with Crippen LogP contribution < -0.4 is 10.9 Å². The largest absolute Gasteiger partial charge is 0.308 e. The van der Waals surface area contributed by atoms with Gasteiger partial charge in [0, 0.05) is 12.3 Å². The Morgan fingerprint density at radius 2 is 1.62 bits per heavy atom. The van der Waals surface area contributed by atoms with E-state index in [1.54, 1.807) is 12.3 Å². The first kappa shape index (κ1) is 18.9. The minimum atomic E-state index is -0.675. The molecule has 2 aromatic rings. The van der Waals surface area contributed by atoms with Crippen LogP contribution >= 0.6 is 0 Å². The number of benzene rings is 2. The smallest absolute Gasteiger partial charge is 0.300 e. The number of nitro groups is 2. The molecule has 0 aromatic heterocycles. The van der Waals surface area contributed by atoms with Gasteiger partial charge in [-0.3, -0.25) is 25.7 Å². The van der Waals surface area contributed by atoms with Crippen LogP contribution in [0.3, 0.4) is 0 Å². The predicted octanol–water partition coefficient (Wildman–Crippen LogP) is 4.39. The second kappa shape index (κ2) is 7.64. The van der Waals surface area contributed by atoms with Crippen LogP contribution in [0.15, 0.2) is 48.7 Å². The third-order valence-corrected chi connectivity index (χ3v) is 3.73. The van der Waals surface area contributed by atoms with E-state index in [2.05, 4.69) is 31.6 Å². The van der Waals surface area contributed by atoms with Crippen molar-refractivity contribution in [1.29, 1.82) is 0 Å². The first-order valence-electron chi connectivity index (χ1n) is 7.90. The number of rotatable bonds is 6. The number of nitro benzene ring substituents is 2. The van der Waals surface area contributed by atoms with Crippen molar-refractivity contribution in [2.24, 2.45) is 0 Å². The third-order valence-electron chi connectivity index (χ3n) is 3.73. The third kappa shape index (κ3) is 4.79. The van der Waals surface area contributed by atoms with Gasteiger partial charge in [-0.05, 0) is 28.7 Å². The Kier molecular flexibility index (Phi) is 5.56. The van der Waals surface area contributed by atoms with E-state index in [1.807, 2.05) is 24.3 Å². The highest BCUT2D eigenvalue weighted by Crippen LogP contribution is 2.28. The number of anilines is 1. The minimum Gasteiger partial charge on any atom is -0.308 e. The van der Waals surface area contributed by atoms with E-state index >= 15 is 0 Å². The van der Waals surface area contributed by atoms with Crippen LogP contribution in [0.25, 0.3) is 6.08 Å². The summed E-state index contributed by atoms with van der Waals surface area (Å²) in [6.07, 6.45) is 3.40. The fraction of sp³-hybridized carbons (Fsp3) is 0.222. The first-order valence-corrected chi connectivity index (χ1v) is 7.90. The monoisotopic (exact) mass is 356 g/mol. The van der Waals surface area contributed by atoms with Crippen molar-refractivity contribution >= 4 is 23.1 Å². The molecular weight excluding hydrogens is 336 g/mol. The molecular formula is C18H20N4O4. The van der Waals surface area contributed by atoms with Crippen LogP contribution in [0.1, 0.15) is 31.9 Å². The van der Waals surface area contributed by atoms with Gasteiger partial charge in [-0.25, -0.2) is 0 Å². The van der Waals surface area contributed by atoms with Crippen molar-refractivity contribution in [3.63, 3.8) is 0 Å². The lowest BCUT2D eigenvalue weighted by molar-refractivity contribution is -0.393. The SMILES string of the molecule is CC(C)(C)c1ccc(/C=C/NNc2ccc([N+](=O)[O-])cc2[N+](=O)[O-])cc1. The molecule has 0 atom stereocenters. The lowest BCUT2D eigenvalue weighted by Crippen LogP contribution is -2.15. The van der Waals surface area contributed by atoms with Crippen LogP contribution in [0, 0.1) is 20.2 Å². The molecule has 0 fully saturated rings. The second-order valence-electron chi connectivity index (χ2n) is 6.69. The number of non-ortho nitro benzene ring substituents is 1. The maximum absolute atomic E-state index is 11.1. The molecule has 0 saturated carbocycles. The molecule has 2 rings (SSSR count). The molecule has 136 valence electrons. The lowest BCUT2D eigenvalue weighted by Gasteiger charge is -2.18. The topological polar surface area (TPSA) is 110 Å². The number of hydrogen-bond donors (Lipinski definition) is 2. The molecule has 0 aliphatic heterocycles. The lowest BCUT2D eigenvalue weighted by atomic mass is 9.87. The number of nitrogens with one attached hydrogen (secondary N) is 2. The first-order chi connectivity index (χ1) is 12.2. The van der Waals surface area contributed by atoms with Crippen molar-refractivity contribution in [2.75, 3.05) is 5.43 Å². The molecule has 0 amide bonds. The Labute approximate surface area is 150 Å². The van der Waals surface area contributed by atoms with Crippen molar-refractivity contribution in [3.8, 4) is 0 Å². The van der Waals surface area contributed by atoms with E-state index in [0.717, 1.165) is 11.6 Å². The zero-order chi connectivity index (χ0) is 19.3. The van der Waals surface area contributed by atoms with Gasteiger partial charge in [-0.2, -0.15) is 0 Å². The predicted molar refractivity (Wildman–Crippen MR) is 101 cm³/mol. The van der Waals surface area contributed by atoms with Gasteiger partial charge >= 0.3 is 5.69 Å². The van der Waals surface area contributed by atoms with Crippen LogP contribution in [0.2, 0.25) is 0 Å². The van der Waals surface area contributed by atoms with E-state index in [0.29, 0.717) is 0 Å². The van der Waals surface area contributed by atoms with Gasteiger partial charge < -0.3 is 5.43 Å². The van der Waals surface area contributed by atoms with Gasteiger partial charge in [-0.15, -0.1) is 0 Å². The van der Waals surface area contributed by atoms with Crippen molar-refractivity contribution in [2.45, 2.75) is 26.2 Å². The van der Waals surface area contributed by atoms with Gasteiger partial charge in [-0.1, -0.05) is 45.0 Å². The van der Waals surface area contributed by atoms with E-state index in [9.17, 15) is 20.2 Å². The molecule has 0 unspecified atom stereocenters. The number of hydrogen-bond acceptors (Lipinski definition) is 6. The molecule has 8 heteroatoms. The summed E-state index contributed by atoms with van der Waals surface area (Å²) < 4.78 is 0. The maximum Gasteiger partial charge on any atom is 0.300 e. The Morgan fingerprint density at radius 3 is 2.15 bits per heavy atom. The molecule has 2 N–H and O–H groups in total. The summed E-state index contributed by atoms with van der Waals surface area (Å²) in [6.45, 7) is 6.42. The summed E-state index contributed by atoms with van der Waals surface area (Å²) in [5.41, 5.74) is 7.08. The van der Waals surface area contributed by atoms with Crippen LogP contribution in [-0.2, 0) is 5.41 Å². The van der Waals surface area contributed by atoms with Gasteiger partial charge in [0.1, 0.15) is 5.69 Å². The summed E-state index contributed by atoms with van der Waals surface area (Å²) >= 11 is 0. The zero-order valence-electron chi connectivity index (χ0n) is 14.7. The molecule has 0 bridgehead atoms. The summed E-state index contributed by atoms with van der Waals surface area (Å²) in [6, 6.07) is 11.5. The Morgan fingerprint density at radius 1 is 0.962 bits per heavy atom. The van der Waals surface area contributed by atoms with E-state index in [1.165, 1.54) is 17.7 Å². The van der Waals surface area contributed by atoms with Crippen LogP contribution in [-0.4, -0.2) is 9.85 Å². The molecule has 8 nitrogen and oxygen atoms in total. The zero-order valence-corrected chi connectivity index (χ0v) is 14.7. The highest BCUT2D eigenvalue weighted by Gasteiger charge is 2.19. The summed E-state index contributed by atoms with van der Waals surface area (Å²) in [4.78, 5) is 20.4. The minimum absolute atomic E-state index is 0.0803. The van der Waals surface area contributed by atoms with E-state index in [4.69, 9.17) is 0 Å². The summed E-state index contributed by atoms with van der Waals surface area (Å²) in [5.74, 6) is 0. The van der Waals surface area contributed by atoms with Gasteiger partial charge in [0.05, 0.1) is 15.9 Å². The fourth-order valence-corrected chi connectivity index (χ4v) is 2.24. The maximum atomic E-state index is 11.1. The van der Waals surface area contributed by atoms with E-state index in [-0.39, 0.29) is 22.5 Å².